The van der Waals surface area contributed by atoms with Crippen molar-refractivity contribution in [3.63, 3.8) is 0 Å². The van der Waals surface area contributed by atoms with Crippen molar-refractivity contribution >= 4 is 11.5 Å². The number of aliphatic hydroxyl groups is 1. The highest BCUT2D eigenvalue weighted by molar-refractivity contribution is 5.41. The fraction of sp³-hybridized carbons (Fsp3) is 0.500. The van der Waals surface area contributed by atoms with Gasteiger partial charge in [0.15, 0.2) is 0 Å². The van der Waals surface area contributed by atoms with Gasteiger partial charge in [0.05, 0.1) is 30.2 Å². The molecular formula is C20H27N5O3. The second-order valence-corrected chi connectivity index (χ2v) is 7.44. The molecule has 1 fully saturated rings. The normalized spacial score (nSPS) is 15.2. The molecule has 8 nitrogen and oxygen atoms in total. The van der Waals surface area contributed by atoms with Crippen molar-refractivity contribution in [2.24, 2.45) is 10.2 Å². The first-order valence-corrected chi connectivity index (χ1v) is 9.39. The number of morpholine rings is 1. The Bertz CT molecular complexity index is 814. The maximum Gasteiger partial charge on any atom is 0.318 e. The molecule has 1 aromatic heterocycles. The summed E-state index contributed by atoms with van der Waals surface area (Å²) in [5.74, 6) is 0.768. The number of aromatic nitrogens is 2. The van der Waals surface area contributed by atoms with Gasteiger partial charge in [-0.25, -0.2) is 0 Å². The molecule has 0 aliphatic carbocycles. The lowest BCUT2D eigenvalue weighted by atomic mass is 10.2. The zero-order valence-corrected chi connectivity index (χ0v) is 16.6. The molecule has 0 atom stereocenters. The summed E-state index contributed by atoms with van der Waals surface area (Å²) in [6.45, 7) is 8.61. The molecule has 0 amide bonds. The molecule has 2 aromatic rings. The Balaban J connectivity index is 1.77. The Morgan fingerprint density at radius 3 is 2.71 bits per heavy atom. The highest BCUT2D eigenvalue weighted by atomic mass is 16.5. The molecule has 1 saturated heterocycles. The predicted octanol–water partition coefficient (Wildman–Crippen LogP) is 3.06. The standard InChI is InChI=1S/C20H27N5O3/c1-15-5-4-6-16(11-15)24-21-13-17-12-18(25-7-9-27-10-8-25)23-19(22-17)28-14-20(2,3)26/h4-6,11-12,26H,7-10,13-14H2,1-3H3. The van der Waals surface area contributed by atoms with E-state index in [9.17, 15) is 5.11 Å². The van der Waals surface area contributed by atoms with Crippen LogP contribution in [0.1, 0.15) is 25.1 Å². The minimum absolute atomic E-state index is 0.101. The van der Waals surface area contributed by atoms with E-state index in [0.717, 1.165) is 30.2 Å². The van der Waals surface area contributed by atoms with Gasteiger partial charge >= 0.3 is 6.01 Å². The number of azo groups is 1. The average molecular weight is 385 g/mol. The summed E-state index contributed by atoms with van der Waals surface area (Å²) in [5, 5.41) is 18.5. The van der Waals surface area contributed by atoms with Crippen LogP contribution in [0.4, 0.5) is 11.5 Å². The van der Waals surface area contributed by atoms with Gasteiger partial charge in [-0.3, -0.25) is 0 Å². The molecule has 0 spiro atoms. The van der Waals surface area contributed by atoms with Crippen molar-refractivity contribution in [1.82, 2.24) is 9.97 Å². The monoisotopic (exact) mass is 385 g/mol. The highest BCUT2D eigenvalue weighted by Gasteiger charge is 2.18. The van der Waals surface area contributed by atoms with Gasteiger partial charge in [-0.2, -0.15) is 20.2 Å². The summed E-state index contributed by atoms with van der Waals surface area (Å²) in [6.07, 6.45) is 0. The minimum Gasteiger partial charge on any atom is -0.460 e. The van der Waals surface area contributed by atoms with Gasteiger partial charge in [-0.15, -0.1) is 0 Å². The second-order valence-electron chi connectivity index (χ2n) is 7.44. The summed E-state index contributed by atoms with van der Waals surface area (Å²) < 4.78 is 11.0. The number of nitrogens with zero attached hydrogens (tertiary/aromatic N) is 5. The van der Waals surface area contributed by atoms with E-state index in [2.05, 4.69) is 25.1 Å². The van der Waals surface area contributed by atoms with E-state index in [0.29, 0.717) is 25.5 Å². The number of benzene rings is 1. The summed E-state index contributed by atoms with van der Waals surface area (Å²) in [5.41, 5.74) is 1.68. The lowest BCUT2D eigenvalue weighted by Crippen LogP contribution is -2.37. The molecule has 8 heteroatoms. The first kappa shape index (κ1) is 20.2. The first-order valence-electron chi connectivity index (χ1n) is 9.39. The summed E-state index contributed by atoms with van der Waals surface area (Å²) in [4.78, 5) is 11.0. The van der Waals surface area contributed by atoms with E-state index in [1.807, 2.05) is 37.3 Å². The Labute approximate surface area is 165 Å². The van der Waals surface area contributed by atoms with Crippen LogP contribution < -0.4 is 9.64 Å². The summed E-state index contributed by atoms with van der Waals surface area (Å²) in [6, 6.07) is 9.98. The Hall–Kier alpha value is -2.58. The molecule has 0 radical (unpaired) electrons. The van der Waals surface area contributed by atoms with Gasteiger partial charge in [0.2, 0.25) is 0 Å². The maximum atomic E-state index is 9.92. The van der Waals surface area contributed by atoms with E-state index in [1.165, 1.54) is 0 Å². The molecule has 1 aliphatic heterocycles. The molecule has 1 N–H and O–H groups in total. The number of anilines is 1. The van der Waals surface area contributed by atoms with Crippen molar-refractivity contribution < 1.29 is 14.6 Å². The molecule has 0 bridgehead atoms. The Morgan fingerprint density at radius 1 is 1.21 bits per heavy atom. The van der Waals surface area contributed by atoms with Gasteiger partial charge in [-0.1, -0.05) is 12.1 Å². The first-order chi connectivity index (χ1) is 13.4. The molecule has 2 heterocycles. The van der Waals surface area contributed by atoms with Crippen molar-refractivity contribution in [2.45, 2.75) is 32.9 Å². The number of hydrogen-bond donors (Lipinski definition) is 1. The van der Waals surface area contributed by atoms with Crippen LogP contribution in [0.15, 0.2) is 40.6 Å². The fourth-order valence-corrected chi connectivity index (χ4v) is 2.68. The van der Waals surface area contributed by atoms with Crippen LogP contribution in [0.2, 0.25) is 0 Å². The van der Waals surface area contributed by atoms with E-state index < -0.39 is 5.60 Å². The second kappa shape index (κ2) is 9.07. The third kappa shape index (κ3) is 6.24. The molecule has 150 valence electrons. The predicted molar refractivity (Wildman–Crippen MR) is 106 cm³/mol. The fourth-order valence-electron chi connectivity index (χ4n) is 2.68. The van der Waals surface area contributed by atoms with Crippen LogP contribution >= 0.6 is 0 Å². The molecule has 1 aromatic carbocycles. The number of hydrogen-bond acceptors (Lipinski definition) is 8. The molecule has 0 saturated carbocycles. The number of ether oxygens (including phenoxy) is 2. The van der Waals surface area contributed by atoms with Gasteiger partial charge in [0.25, 0.3) is 0 Å². The summed E-state index contributed by atoms with van der Waals surface area (Å²) in [7, 11) is 0. The van der Waals surface area contributed by atoms with Crippen LogP contribution in [0.3, 0.4) is 0 Å². The molecule has 0 unspecified atom stereocenters. The molecule has 3 rings (SSSR count). The Kier molecular flexibility index (Phi) is 6.53. The average Bonchev–Trinajstić information content (AvgIpc) is 2.67. The topological polar surface area (TPSA) is 92.4 Å². The van der Waals surface area contributed by atoms with E-state index >= 15 is 0 Å². The zero-order valence-electron chi connectivity index (χ0n) is 16.6. The van der Waals surface area contributed by atoms with Crippen molar-refractivity contribution in [3.8, 4) is 6.01 Å². The van der Waals surface area contributed by atoms with Gasteiger partial charge in [0.1, 0.15) is 19.0 Å². The molecule has 28 heavy (non-hydrogen) atoms. The number of rotatable bonds is 7. The third-order valence-corrected chi connectivity index (χ3v) is 4.06. The van der Waals surface area contributed by atoms with Crippen molar-refractivity contribution in [2.75, 3.05) is 37.8 Å². The molecule has 1 aliphatic rings. The maximum absolute atomic E-state index is 9.92. The van der Waals surface area contributed by atoms with Crippen LogP contribution in [-0.2, 0) is 11.3 Å². The quantitative estimate of drug-likeness (QED) is 0.737. The van der Waals surface area contributed by atoms with Crippen molar-refractivity contribution in [1.29, 1.82) is 0 Å². The zero-order chi connectivity index (χ0) is 20.0. The highest BCUT2D eigenvalue weighted by Crippen LogP contribution is 2.20. The molecular weight excluding hydrogens is 358 g/mol. The SMILES string of the molecule is Cc1cccc(N=NCc2cc(N3CCOCC3)nc(OCC(C)(C)O)n2)c1. The Morgan fingerprint density at radius 2 is 2.00 bits per heavy atom. The van der Waals surface area contributed by atoms with E-state index in [4.69, 9.17) is 9.47 Å². The summed E-state index contributed by atoms with van der Waals surface area (Å²) >= 11 is 0. The van der Waals surface area contributed by atoms with E-state index in [-0.39, 0.29) is 12.6 Å². The van der Waals surface area contributed by atoms with Crippen LogP contribution in [0, 0.1) is 6.92 Å². The van der Waals surface area contributed by atoms with Crippen molar-refractivity contribution in [3.05, 3.63) is 41.6 Å². The number of aryl methyl sites for hydroxylation is 1. The van der Waals surface area contributed by atoms with E-state index in [1.54, 1.807) is 13.8 Å². The largest absolute Gasteiger partial charge is 0.460 e. The smallest absolute Gasteiger partial charge is 0.318 e. The lowest BCUT2D eigenvalue weighted by molar-refractivity contribution is 0.0249. The van der Waals surface area contributed by atoms with Crippen LogP contribution in [-0.4, -0.2) is 53.6 Å². The van der Waals surface area contributed by atoms with Gasteiger partial charge in [-0.05, 0) is 38.5 Å². The third-order valence-electron chi connectivity index (χ3n) is 4.06. The van der Waals surface area contributed by atoms with Gasteiger partial charge in [0, 0.05) is 19.2 Å². The lowest BCUT2D eigenvalue weighted by Gasteiger charge is -2.28. The minimum atomic E-state index is -0.969. The van der Waals surface area contributed by atoms with Crippen LogP contribution in [0.5, 0.6) is 6.01 Å². The van der Waals surface area contributed by atoms with Gasteiger partial charge < -0.3 is 19.5 Å². The van der Waals surface area contributed by atoms with Crippen LogP contribution in [0.25, 0.3) is 0 Å².